The van der Waals surface area contributed by atoms with Crippen LogP contribution in [0.5, 0.6) is 0 Å². The van der Waals surface area contributed by atoms with E-state index in [1.54, 1.807) is 29.0 Å². The van der Waals surface area contributed by atoms with Gasteiger partial charge in [0, 0.05) is 29.1 Å². The van der Waals surface area contributed by atoms with Crippen LogP contribution in [0, 0.1) is 13.8 Å². The molecule has 1 aliphatic carbocycles. The largest absolute Gasteiger partial charge is 0.423 e. The molecule has 3 aromatic heterocycles. The monoisotopic (exact) mass is 424 g/mol. The number of thioether (sulfide) groups is 1. The standard InChI is InChI=1S/C22H20N2O3S2/c1-11-7-15-13(9-18(25)27-16(15)8-12(11)2)10-28-22-23-20-19(21(26)24(22)3)14-5-4-6-17(14)29-20/h7-9H,4-6,10H2,1-3H3. The second-order valence-corrected chi connectivity index (χ2v) is 9.63. The zero-order valence-corrected chi connectivity index (χ0v) is 18.1. The van der Waals surface area contributed by atoms with Crippen molar-refractivity contribution >= 4 is 44.3 Å². The number of hydrogen-bond donors (Lipinski definition) is 0. The van der Waals surface area contributed by atoms with Crippen molar-refractivity contribution in [3.63, 3.8) is 0 Å². The summed E-state index contributed by atoms with van der Waals surface area (Å²) < 4.78 is 7.03. The average molecular weight is 425 g/mol. The molecule has 0 atom stereocenters. The van der Waals surface area contributed by atoms with E-state index in [2.05, 4.69) is 6.07 Å². The number of nitrogens with zero attached hydrogens (tertiary/aromatic N) is 2. The first-order valence-corrected chi connectivity index (χ1v) is 11.4. The van der Waals surface area contributed by atoms with Gasteiger partial charge < -0.3 is 4.42 Å². The van der Waals surface area contributed by atoms with Gasteiger partial charge in [-0.25, -0.2) is 9.78 Å². The van der Waals surface area contributed by atoms with Gasteiger partial charge in [0.15, 0.2) is 5.16 Å². The highest BCUT2D eigenvalue weighted by Crippen LogP contribution is 2.36. The Kier molecular flexibility index (Phi) is 4.40. The fourth-order valence-electron chi connectivity index (χ4n) is 3.98. The van der Waals surface area contributed by atoms with Gasteiger partial charge in [0.1, 0.15) is 10.4 Å². The second kappa shape index (κ2) is 6.85. The van der Waals surface area contributed by atoms with E-state index in [1.165, 1.54) is 22.2 Å². The van der Waals surface area contributed by atoms with Crippen LogP contribution in [0.4, 0.5) is 0 Å². The lowest BCUT2D eigenvalue weighted by molar-refractivity contribution is 0.559. The lowest BCUT2D eigenvalue weighted by Crippen LogP contribution is -2.20. The number of benzene rings is 1. The van der Waals surface area contributed by atoms with Crippen LogP contribution in [0.15, 0.2) is 37.4 Å². The number of aryl methyl sites for hydroxylation is 4. The molecular formula is C22H20N2O3S2. The molecule has 0 unspecified atom stereocenters. The summed E-state index contributed by atoms with van der Waals surface area (Å²) in [5.41, 5.74) is 4.61. The van der Waals surface area contributed by atoms with Gasteiger partial charge in [-0.15, -0.1) is 11.3 Å². The van der Waals surface area contributed by atoms with Crippen LogP contribution in [-0.4, -0.2) is 9.55 Å². The predicted molar refractivity (Wildman–Crippen MR) is 118 cm³/mol. The Balaban J connectivity index is 1.56. The molecule has 0 aliphatic heterocycles. The molecule has 0 radical (unpaired) electrons. The topological polar surface area (TPSA) is 65.1 Å². The van der Waals surface area contributed by atoms with Crippen molar-refractivity contribution in [2.75, 3.05) is 0 Å². The first kappa shape index (κ1) is 18.6. The Labute approximate surface area is 175 Å². The van der Waals surface area contributed by atoms with Crippen LogP contribution < -0.4 is 11.2 Å². The normalized spacial score (nSPS) is 13.5. The molecule has 0 bridgehead atoms. The maximum atomic E-state index is 13.0. The molecule has 29 heavy (non-hydrogen) atoms. The van der Waals surface area contributed by atoms with Gasteiger partial charge in [-0.05, 0) is 67.5 Å². The third-order valence-corrected chi connectivity index (χ3v) is 7.97. The number of aromatic nitrogens is 2. The van der Waals surface area contributed by atoms with Crippen molar-refractivity contribution in [3.05, 3.63) is 66.1 Å². The third kappa shape index (κ3) is 3.04. The van der Waals surface area contributed by atoms with Crippen molar-refractivity contribution in [2.45, 2.75) is 44.0 Å². The molecule has 4 aromatic rings. The molecule has 0 saturated heterocycles. The average Bonchev–Trinajstić information content (AvgIpc) is 3.25. The highest BCUT2D eigenvalue weighted by atomic mass is 32.2. The fourth-order valence-corrected chi connectivity index (χ4v) is 6.24. The predicted octanol–water partition coefficient (Wildman–Crippen LogP) is 4.50. The molecule has 5 nitrogen and oxygen atoms in total. The number of thiophene rings is 1. The molecule has 0 saturated carbocycles. The van der Waals surface area contributed by atoms with E-state index >= 15 is 0 Å². The van der Waals surface area contributed by atoms with Crippen LogP contribution in [0.2, 0.25) is 0 Å². The van der Waals surface area contributed by atoms with Gasteiger partial charge >= 0.3 is 5.63 Å². The summed E-state index contributed by atoms with van der Waals surface area (Å²) in [5.74, 6) is 0.543. The van der Waals surface area contributed by atoms with Crippen LogP contribution in [-0.2, 0) is 25.6 Å². The van der Waals surface area contributed by atoms with Gasteiger partial charge in [-0.2, -0.15) is 0 Å². The summed E-state index contributed by atoms with van der Waals surface area (Å²) in [7, 11) is 1.78. The smallest absolute Gasteiger partial charge is 0.336 e. The number of hydrogen-bond acceptors (Lipinski definition) is 6. The maximum Gasteiger partial charge on any atom is 0.336 e. The lowest BCUT2D eigenvalue weighted by atomic mass is 10.0. The van der Waals surface area contributed by atoms with Crippen LogP contribution >= 0.6 is 23.1 Å². The minimum absolute atomic E-state index is 0.0285. The first-order valence-electron chi connectivity index (χ1n) is 9.60. The molecule has 148 valence electrons. The Hall–Kier alpha value is -2.38. The lowest BCUT2D eigenvalue weighted by Gasteiger charge is -2.10. The van der Waals surface area contributed by atoms with Crippen LogP contribution in [0.1, 0.15) is 33.6 Å². The van der Waals surface area contributed by atoms with E-state index in [-0.39, 0.29) is 11.2 Å². The number of rotatable bonds is 3. The molecular weight excluding hydrogens is 404 g/mol. The highest BCUT2D eigenvalue weighted by Gasteiger charge is 2.22. The van der Waals surface area contributed by atoms with Crippen molar-refractivity contribution < 1.29 is 4.42 Å². The summed E-state index contributed by atoms with van der Waals surface area (Å²) >= 11 is 3.13. The minimum Gasteiger partial charge on any atom is -0.423 e. The van der Waals surface area contributed by atoms with Crippen molar-refractivity contribution in [1.82, 2.24) is 9.55 Å². The van der Waals surface area contributed by atoms with Gasteiger partial charge in [-0.3, -0.25) is 9.36 Å². The molecule has 5 rings (SSSR count). The van der Waals surface area contributed by atoms with E-state index < -0.39 is 0 Å². The third-order valence-electron chi connectivity index (χ3n) is 5.71. The minimum atomic E-state index is -0.358. The fraction of sp³-hybridized carbons (Fsp3) is 0.318. The molecule has 7 heteroatoms. The van der Waals surface area contributed by atoms with Crippen molar-refractivity contribution in [1.29, 1.82) is 0 Å². The van der Waals surface area contributed by atoms with Gasteiger partial charge in [0.2, 0.25) is 0 Å². The summed E-state index contributed by atoms with van der Waals surface area (Å²) in [6, 6.07) is 5.51. The highest BCUT2D eigenvalue weighted by molar-refractivity contribution is 7.98. The molecule has 3 heterocycles. The molecule has 1 aromatic carbocycles. The molecule has 0 N–H and O–H groups in total. The number of fused-ring (bicyclic) bond motifs is 4. The Morgan fingerprint density at radius 3 is 2.79 bits per heavy atom. The summed E-state index contributed by atoms with van der Waals surface area (Å²) in [5, 5.41) is 2.40. The molecule has 0 amide bonds. The van der Waals surface area contributed by atoms with Gasteiger partial charge in [-0.1, -0.05) is 11.8 Å². The summed E-state index contributed by atoms with van der Waals surface area (Å²) in [4.78, 5) is 32.0. The van der Waals surface area contributed by atoms with E-state index in [4.69, 9.17) is 9.40 Å². The Morgan fingerprint density at radius 1 is 1.17 bits per heavy atom. The van der Waals surface area contributed by atoms with Gasteiger partial charge in [0.05, 0.1) is 5.39 Å². The zero-order valence-electron chi connectivity index (χ0n) is 16.5. The van der Waals surface area contributed by atoms with Crippen molar-refractivity contribution in [2.24, 2.45) is 7.05 Å². The SMILES string of the molecule is Cc1cc2oc(=O)cc(CSc3nc4sc5c(c4c(=O)n3C)CCC5)c2cc1C. The second-order valence-electron chi connectivity index (χ2n) is 7.61. The summed E-state index contributed by atoms with van der Waals surface area (Å²) in [6.45, 7) is 4.05. The maximum absolute atomic E-state index is 13.0. The van der Waals surface area contributed by atoms with E-state index in [9.17, 15) is 9.59 Å². The Bertz CT molecular complexity index is 1410. The van der Waals surface area contributed by atoms with Crippen molar-refractivity contribution in [3.8, 4) is 0 Å². The molecule has 0 spiro atoms. The Morgan fingerprint density at radius 2 is 1.97 bits per heavy atom. The zero-order chi connectivity index (χ0) is 20.3. The van der Waals surface area contributed by atoms with E-state index in [0.717, 1.165) is 51.6 Å². The van der Waals surface area contributed by atoms with E-state index in [1.807, 2.05) is 19.9 Å². The molecule has 1 aliphatic rings. The first-order chi connectivity index (χ1) is 13.9. The quantitative estimate of drug-likeness (QED) is 0.275. The molecule has 0 fully saturated rings. The van der Waals surface area contributed by atoms with Crippen LogP contribution in [0.3, 0.4) is 0 Å². The van der Waals surface area contributed by atoms with Gasteiger partial charge in [0.25, 0.3) is 5.56 Å². The van der Waals surface area contributed by atoms with E-state index in [0.29, 0.717) is 16.5 Å². The summed E-state index contributed by atoms with van der Waals surface area (Å²) in [6.07, 6.45) is 3.15. The van der Waals surface area contributed by atoms with Crippen LogP contribution in [0.25, 0.3) is 21.2 Å².